The predicted octanol–water partition coefficient (Wildman–Crippen LogP) is 1.62. The number of halogens is 1. The van der Waals surface area contributed by atoms with Gasteiger partial charge in [-0.25, -0.2) is 4.39 Å². The molecule has 2 rings (SSSR count). The minimum atomic E-state index is -0.171. The quantitative estimate of drug-likeness (QED) is 0.710. The molecule has 0 saturated heterocycles. The van der Waals surface area contributed by atoms with Crippen LogP contribution in [0, 0.1) is 5.82 Å². The van der Waals surface area contributed by atoms with Crippen LogP contribution in [0.25, 0.3) is 0 Å². The van der Waals surface area contributed by atoms with Crippen LogP contribution in [-0.4, -0.2) is 13.7 Å². The van der Waals surface area contributed by atoms with Gasteiger partial charge in [-0.3, -0.25) is 5.32 Å². The maximum absolute atomic E-state index is 12.9. The molecule has 0 amide bonds. The number of benzene rings is 1. The number of rotatable bonds is 1. The van der Waals surface area contributed by atoms with Gasteiger partial charge in [0.1, 0.15) is 12.0 Å². The fourth-order valence-corrected chi connectivity index (χ4v) is 1.66. The Kier molecular flexibility index (Phi) is 2.29. The van der Waals surface area contributed by atoms with Crippen molar-refractivity contribution in [2.75, 3.05) is 13.7 Å². The second-order valence-corrected chi connectivity index (χ2v) is 3.13. The number of hydrogen-bond acceptors (Lipinski definition) is 2. The van der Waals surface area contributed by atoms with Gasteiger partial charge in [0, 0.05) is 0 Å². The van der Waals surface area contributed by atoms with Crippen LogP contribution in [0.1, 0.15) is 17.4 Å². The van der Waals surface area contributed by atoms with Crippen molar-refractivity contribution >= 4 is 0 Å². The third-order valence-corrected chi connectivity index (χ3v) is 2.31. The molecule has 1 atom stereocenters. The molecule has 70 valence electrons. The molecule has 1 aromatic carbocycles. The van der Waals surface area contributed by atoms with Crippen LogP contribution >= 0.6 is 0 Å². The van der Waals surface area contributed by atoms with Gasteiger partial charge < -0.3 is 4.74 Å². The standard InChI is InChI=1S/C10H12FNO/c1-12-10-9-3-2-8(11)6-7(9)4-5-13-10/h2-3,6,10,12H,4-5H2,1H3. The Labute approximate surface area is 76.7 Å². The van der Waals surface area contributed by atoms with Gasteiger partial charge in [0.05, 0.1) is 6.61 Å². The van der Waals surface area contributed by atoms with E-state index in [1.165, 1.54) is 6.07 Å². The van der Waals surface area contributed by atoms with E-state index in [1.807, 2.05) is 7.05 Å². The first-order chi connectivity index (χ1) is 6.31. The SMILES string of the molecule is CNC1OCCc2cc(F)ccc21. The average molecular weight is 181 g/mol. The van der Waals surface area contributed by atoms with E-state index in [4.69, 9.17) is 4.74 Å². The van der Waals surface area contributed by atoms with Gasteiger partial charge in [0.25, 0.3) is 0 Å². The van der Waals surface area contributed by atoms with Crippen LogP contribution < -0.4 is 5.32 Å². The van der Waals surface area contributed by atoms with Gasteiger partial charge >= 0.3 is 0 Å². The summed E-state index contributed by atoms with van der Waals surface area (Å²) in [4.78, 5) is 0. The highest BCUT2D eigenvalue weighted by molar-refractivity contribution is 5.31. The fourth-order valence-electron chi connectivity index (χ4n) is 1.66. The lowest BCUT2D eigenvalue weighted by molar-refractivity contribution is 0.0239. The molecule has 1 unspecified atom stereocenters. The maximum Gasteiger partial charge on any atom is 0.134 e. The predicted molar refractivity (Wildman–Crippen MR) is 47.9 cm³/mol. The monoisotopic (exact) mass is 181 g/mol. The molecule has 3 heteroatoms. The molecule has 1 aliphatic rings. The summed E-state index contributed by atoms with van der Waals surface area (Å²) in [6, 6.07) is 4.84. The molecular weight excluding hydrogens is 169 g/mol. The molecule has 0 fully saturated rings. The molecule has 1 aromatic rings. The third kappa shape index (κ3) is 1.57. The Morgan fingerprint density at radius 1 is 1.54 bits per heavy atom. The van der Waals surface area contributed by atoms with Crippen LogP contribution in [0.5, 0.6) is 0 Å². The van der Waals surface area contributed by atoms with Crippen molar-refractivity contribution in [2.45, 2.75) is 12.6 Å². The van der Waals surface area contributed by atoms with E-state index >= 15 is 0 Å². The Hall–Kier alpha value is -0.930. The van der Waals surface area contributed by atoms with Crippen LogP contribution in [0.4, 0.5) is 4.39 Å². The summed E-state index contributed by atoms with van der Waals surface area (Å²) in [7, 11) is 1.84. The summed E-state index contributed by atoms with van der Waals surface area (Å²) in [5.74, 6) is -0.171. The number of ether oxygens (including phenoxy) is 1. The van der Waals surface area contributed by atoms with E-state index in [2.05, 4.69) is 5.32 Å². The minimum Gasteiger partial charge on any atom is -0.359 e. The van der Waals surface area contributed by atoms with Gasteiger partial charge in [0.2, 0.25) is 0 Å². The number of hydrogen-bond donors (Lipinski definition) is 1. The summed E-state index contributed by atoms with van der Waals surface area (Å²) in [5, 5.41) is 3.03. The molecule has 0 aromatic heterocycles. The second-order valence-electron chi connectivity index (χ2n) is 3.13. The normalized spacial score (nSPS) is 21.2. The molecule has 1 N–H and O–H groups in total. The maximum atomic E-state index is 12.9. The van der Waals surface area contributed by atoms with Crippen LogP contribution in [0.3, 0.4) is 0 Å². The molecule has 0 spiro atoms. The highest BCUT2D eigenvalue weighted by Crippen LogP contribution is 2.25. The van der Waals surface area contributed by atoms with Crippen molar-refractivity contribution in [1.29, 1.82) is 0 Å². The average Bonchev–Trinajstić information content (AvgIpc) is 2.16. The van der Waals surface area contributed by atoms with Crippen molar-refractivity contribution in [3.05, 3.63) is 35.1 Å². The van der Waals surface area contributed by atoms with Gasteiger partial charge in [-0.2, -0.15) is 0 Å². The van der Waals surface area contributed by atoms with E-state index in [9.17, 15) is 4.39 Å². The molecule has 1 heterocycles. The summed E-state index contributed by atoms with van der Waals surface area (Å²) >= 11 is 0. The Balaban J connectivity index is 2.40. The van der Waals surface area contributed by atoms with Crippen molar-refractivity contribution in [2.24, 2.45) is 0 Å². The summed E-state index contributed by atoms with van der Waals surface area (Å²) in [5.41, 5.74) is 2.10. The van der Waals surface area contributed by atoms with E-state index in [-0.39, 0.29) is 12.0 Å². The lowest BCUT2D eigenvalue weighted by atomic mass is 10.0. The highest BCUT2D eigenvalue weighted by atomic mass is 19.1. The van der Waals surface area contributed by atoms with Crippen molar-refractivity contribution < 1.29 is 9.13 Å². The molecule has 13 heavy (non-hydrogen) atoms. The Morgan fingerprint density at radius 3 is 3.15 bits per heavy atom. The third-order valence-electron chi connectivity index (χ3n) is 2.31. The van der Waals surface area contributed by atoms with Crippen molar-refractivity contribution in [3.63, 3.8) is 0 Å². The first-order valence-electron chi connectivity index (χ1n) is 4.38. The van der Waals surface area contributed by atoms with Gasteiger partial charge in [-0.05, 0) is 36.7 Å². The molecule has 2 nitrogen and oxygen atoms in total. The fraction of sp³-hybridized carbons (Fsp3) is 0.400. The van der Waals surface area contributed by atoms with Gasteiger partial charge in [0.15, 0.2) is 0 Å². The zero-order valence-electron chi connectivity index (χ0n) is 7.51. The number of nitrogens with one attached hydrogen (secondary N) is 1. The Morgan fingerprint density at radius 2 is 2.38 bits per heavy atom. The smallest absolute Gasteiger partial charge is 0.134 e. The molecule has 1 aliphatic heterocycles. The highest BCUT2D eigenvalue weighted by Gasteiger charge is 2.18. The largest absolute Gasteiger partial charge is 0.359 e. The summed E-state index contributed by atoms with van der Waals surface area (Å²) in [6.07, 6.45) is 0.718. The van der Waals surface area contributed by atoms with Crippen LogP contribution in [0.15, 0.2) is 18.2 Å². The van der Waals surface area contributed by atoms with Crippen LogP contribution in [-0.2, 0) is 11.2 Å². The van der Waals surface area contributed by atoms with Crippen molar-refractivity contribution in [1.82, 2.24) is 5.32 Å². The topological polar surface area (TPSA) is 21.3 Å². The number of fused-ring (bicyclic) bond motifs is 1. The lowest BCUT2D eigenvalue weighted by Gasteiger charge is -2.25. The molecule has 0 aliphatic carbocycles. The van der Waals surface area contributed by atoms with Crippen molar-refractivity contribution in [3.8, 4) is 0 Å². The second kappa shape index (κ2) is 3.44. The first kappa shape index (κ1) is 8.66. The molecule has 0 saturated carbocycles. The molecule has 0 radical (unpaired) electrons. The molecule has 0 bridgehead atoms. The zero-order valence-corrected chi connectivity index (χ0v) is 7.51. The van der Waals surface area contributed by atoms with Gasteiger partial charge in [-0.15, -0.1) is 0 Å². The van der Waals surface area contributed by atoms with Crippen LogP contribution in [0.2, 0.25) is 0 Å². The lowest BCUT2D eigenvalue weighted by Crippen LogP contribution is -2.26. The summed E-state index contributed by atoms with van der Waals surface area (Å²) < 4.78 is 18.3. The van der Waals surface area contributed by atoms with E-state index < -0.39 is 0 Å². The Bertz CT molecular complexity index is 314. The minimum absolute atomic E-state index is 0.0793. The van der Waals surface area contributed by atoms with E-state index in [0.29, 0.717) is 6.61 Å². The zero-order chi connectivity index (χ0) is 9.26. The first-order valence-corrected chi connectivity index (χ1v) is 4.38. The molecular formula is C10H12FNO. The van der Waals surface area contributed by atoms with E-state index in [1.54, 1.807) is 12.1 Å². The van der Waals surface area contributed by atoms with E-state index in [0.717, 1.165) is 17.5 Å². The van der Waals surface area contributed by atoms with Gasteiger partial charge in [-0.1, -0.05) is 6.07 Å². The summed E-state index contributed by atoms with van der Waals surface area (Å²) in [6.45, 7) is 0.655.